The van der Waals surface area contributed by atoms with Crippen LogP contribution in [0.5, 0.6) is 5.75 Å². The minimum atomic E-state index is 0.00245. The van der Waals surface area contributed by atoms with Crippen molar-refractivity contribution in [2.75, 3.05) is 6.61 Å². The van der Waals surface area contributed by atoms with Crippen molar-refractivity contribution in [1.29, 1.82) is 0 Å². The molecule has 2 heteroatoms. The fourth-order valence-corrected chi connectivity index (χ4v) is 2.68. The van der Waals surface area contributed by atoms with Crippen LogP contribution in [0.15, 0.2) is 12.1 Å². The molecule has 0 saturated heterocycles. The molecule has 0 N–H and O–H groups in total. The van der Waals surface area contributed by atoms with E-state index in [9.17, 15) is 4.79 Å². The van der Waals surface area contributed by atoms with Gasteiger partial charge in [0.05, 0.1) is 6.61 Å². The smallest absolute Gasteiger partial charge is 0.162 e. The molecule has 1 aliphatic rings. The Balaban J connectivity index is 2.42. The number of carbonyl (C=O) groups excluding carboxylic acids is 1. The number of hydrogen-bond acceptors (Lipinski definition) is 2. The Morgan fingerprint density at radius 3 is 2.70 bits per heavy atom. The molecule has 0 atom stereocenters. The number of carbonyl (C=O) groups is 1. The zero-order chi connectivity index (χ0) is 14.8. The average Bonchev–Trinajstić information content (AvgIpc) is 2.42. The summed E-state index contributed by atoms with van der Waals surface area (Å²) in [4.78, 5) is 12.3. The lowest BCUT2D eigenvalue weighted by atomic mass is 9.82. The number of ketones is 1. The monoisotopic (exact) mass is 274 g/mol. The molecule has 1 aromatic rings. The third-order valence-electron chi connectivity index (χ3n) is 3.89. The van der Waals surface area contributed by atoms with E-state index in [1.807, 2.05) is 0 Å². The van der Waals surface area contributed by atoms with Crippen molar-refractivity contribution in [3.05, 3.63) is 28.8 Å². The predicted octanol–water partition coefficient (Wildman–Crippen LogP) is 4.68. The Labute approximate surface area is 122 Å². The number of aryl methyl sites for hydroxylation is 1. The molecular weight excluding hydrogens is 248 g/mol. The van der Waals surface area contributed by atoms with Crippen LogP contribution in [0.1, 0.15) is 74.9 Å². The van der Waals surface area contributed by atoms with Gasteiger partial charge in [-0.1, -0.05) is 34.1 Å². The lowest BCUT2D eigenvalue weighted by Gasteiger charge is -2.28. The van der Waals surface area contributed by atoms with E-state index in [2.05, 4.69) is 39.8 Å². The third kappa shape index (κ3) is 3.23. The van der Waals surface area contributed by atoms with E-state index in [0.717, 1.165) is 43.6 Å². The van der Waals surface area contributed by atoms with Crippen LogP contribution in [0.3, 0.4) is 0 Å². The van der Waals surface area contributed by atoms with E-state index in [-0.39, 0.29) is 11.2 Å². The molecule has 0 spiro atoms. The van der Waals surface area contributed by atoms with Crippen molar-refractivity contribution >= 4 is 5.78 Å². The summed E-state index contributed by atoms with van der Waals surface area (Å²) in [5.74, 6) is 1.29. The zero-order valence-electron chi connectivity index (χ0n) is 13.2. The first-order valence-electron chi connectivity index (χ1n) is 7.77. The van der Waals surface area contributed by atoms with Gasteiger partial charge in [-0.3, -0.25) is 4.79 Å². The lowest BCUT2D eigenvalue weighted by Crippen LogP contribution is -2.19. The number of benzene rings is 1. The number of unbranched alkanes of at least 4 members (excludes halogenated alkanes) is 1. The van der Waals surface area contributed by atoms with Gasteiger partial charge in [-0.2, -0.15) is 0 Å². The van der Waals surface area contributed by atoms with E-state index in [0.29, 0.717) is 6.42 Å². The summed E-state index contributed by atoms with van der Waals surface area (Å²) in [6, 6.07) is 4.11. The highest BCUT2D eigenvalue weighted by molar-refractivity contribution is 5.96. The summed E-state index contributed by atoms with van der Waals surface area (Å²) < 4.78 is 5.89. The first-order chi connectivity index (χ1) is 9.43. The fourth-order valence-electron chi connectivity index (χ4n) is 2.68. The minimum absolute atomic E-state index is 0.00245. The van der Waals surface area contributed by atoms with Gasteiger partial charge in [-0.05, 0) is 42.4 Å². The van der Waals surface area contributed by atoms with Crippen LogP contribution in [0.4, 0.5) is 0 Å². The number of rotatable bonds is 4. The van der Waals surface area contributed by atoms with E-state index in [4.69, 9.17) is 4.74 Å². The van der Waals surface area contributed by atoms with E-state index in [1.54, 1.807) is 0 Å². The van der Waals surface area contributed by atoms with Crippen molar-refractivity contribution in [3.8, 4) is 5.75 Å². The maximum absolute atomic E-state index is 12.3. The first-order valence-corrected chi connectivity index (χ1v) is 7.77. The van der Waals surface area contributed by atoms with Gasteiger partial charge in [0.15, 0.2) is 5.78 Å². The number of hydrogen-bond donors (Lipinski definition) is 0. The lowest BCUT2D eigenvalue weighted by molar-refractivity contribution is 0.0979. The summed E-state index contributed by atoms with van der Waals surface area (Å²) in [6.07, 6.45) is 4.75. The van der Waals surface area contributed by atoms with Crippen molar-refractivity contribution in [3.63, 3.8) is 0 Å². The number of Topliss-reactive ketones (excluding diaryl/α,β-unsaturated/α-hetero) is 1. The third-order valence-corrected chi connectivity index (χ3v) is 3.89. The van der Waals surface area contributed by atoms with Crippen LogP contribution in [-0.2, 0) is 11.8 Å². The Kier molecular flexibility index (Phi) is 4.52. The average molecular weight is 274 g/mol. The molecule has 0 aromatic heterocycles. The topological polar surface area (TPSA) is 26.3 Å². The highest BCUT2D eigenvalue weighted by Crippen LogP contribution is 2.38. The van der Waals surface area contributed by atoms with Gasteiger partial charge in [0, 0.05) is 17.5 Å². The summed E-state index contributed by atoms with van der Waals surface area (Å²) in [7, 11) is 0. The van der Waals surface area contributed by atoms with Crippen LogP contribution in [0.2, 0.25) is 0 Å². The Bertz CT molecular complexity index is 495. The summed E-state index contributed by atoms with van der Waals surface area (Å²) >= 11 is 0. The standard InChI is InChI=1S/C18H26O2/c1-5-6-9-16(19)14-11-13-8-7-10-20-17(13)15(12-14)18(2,3)4/h11-12H,5-10H2,1-4H3. The minimum Gasteiger partial charge on any atom is -0.493 e. The Hall–Kier alpha value is -1.31. The highest BCUT2D eigenvalue weighted by Gasteiger charge is 2.25. The molecule has 0 bridgehead atoms. The summed E-state index contributed by atoms with van der Waals surface area (Å²) in [6.45, 7) is 9.45. The second kappa shape index (κ2) is 5.99. The maximum Gasteiger partial charge on any atom is 0.162 e. The molecule has 110 valence electrons. The zero-order valence-corrected chi connectivity index (χ0v) is 13.2. The molecule has 0 unspecified atom stereocenters. The summed E-state index contributed by atoms with van der Waals surface area (Å²) in [5.41, 5.74) is 3.26. The van der Waals surface area contributed by atoms with Gasteiger partial charge in [-0.15, -0.1) is 0 Å². The van der Waals surface area contributed by atoms with Gasteiger partial charge in [-0.25, -0.2) is 0 Å². The Morgan fingerprint density at radius 1 is 1.30 bits per heavy atom. The molecule has 1 aliphatic heterocycles. The number of fused-ring (bicyclic) bond motifs is 1. The van der Waals surface area contributed by atoms with Crippen LogP contribution >= 0.6 is 0 Å². The van der Waals surface area contributed by atoms with Gasteiger partial charge in [0.2, 0.25) is 0 Å². The predicted molar refractivity (Wildman–Crippen MR) is 82.8 cm³/mol. The molecule has 2 nitrogen and oxygen atoms in total. The van der Waals surface area contributed by atoms with Crippen LogP contribution < -0.4 is 4.74 Å². The second-order valence-electron chi connectivity index (χ2n) is 6.74. The van der Waals surface area contributed by atoms with Gasteiger partial charge >= 0.3 is 0 Å². The molecule has 20 heavy (non-hydrogen) atoms. The van der Waals surface area contributed by atoms with Crippen molar-refractivity contribution in [2.24, 2.45) is 0 Å². The SMILES string of the molecule is CCCCC(=O)c1cc2c(c(C(C)(C)C)c1)OCCC2. The van der Waals surface area contributed by atoms with E-state index < -0.39 is 0 Å². The normalized spacial score (nSPS) is 14.6. The van der Waals surface area contributed by atoms with Gasteiger partial charge < -0.3 is 4.74 Å². The maximum atomic E-state index is 12.3. The molecule has 2 rings (SSSR count). The molecule has 1 heterocycles. The van der Waals surface area contributed by atoms with Crippen molar-refractivity contribution < 1.29 is 9.53 Å². The summed E-state index contributed by atoms with van der Waals surface area (Å²) in [5, 5.41) is 0. The fraction of sp³-hybridized carbons (Fsp3) is 0.611. The van der Waals surface area contributed by atoms with Gasteiger partial charge in [0.25, 0.3) is 0 Å². The molecule has 1 aromatic carbocycles. The van der Waals surface area contributed by atoms with Crippen LogP contribution in [0, 0.1) is 0 Å². The molecule has 0 saturated carbocycles. The highest BCUT2D eigenvalue weighted by atomic mass is 16.5. The van der Waals surface area contributed by atoms with Crippen LogP contribution in [0.25, 0.3) is 0 Å². The molecule has 0 radical (unpaired) electrons. The molecule has 0 fully saturated rings. The molecule has 0 aliphatic carbocycles. The largest absolute Gasteiger partial charge is 0.493 e. The van der Waals surface area contributed by atoms with Gasteiger partial charge in [0.1, 0.15) is 5.75 Å². The van der Waals surface area contributed by atoms with Crippen molar-refractivity contribution in [2.45, 2.75) is 65.2 Å². The number of ether oxygens (including phenoxy) is 1. The van der Waals surface area contributed by atoms with E-state index in [1.165, 1.54) is 11.1 Å². The van der Waals surface area contributed by atoms with Crippen LogP contribution in [-0.4, -0.2) is 12.4 Å². The molecule has 0 amide bonds. The second-order valence-corrected chi connectivity index (χ2v) is 6.74. The molecular formula is C18H26O2. The van der Waals surface area contributed by atoms with Crippen molar-refractivity contribution in [1.82, 2.24) is 0 Å². The first kappa shape index (κ1) is 15.1. The quantitative estimate of drug-likeness (QED) is 0.745. The Morgan fingerprint density at radius 2 is 2.05 bits per heavy atom. The van der Waals surface area contributed by atoms with E-state index >= 15 is 0 Å².